The van der Waals surface area contributed by atoms with E-state index in [-0.39, 0.29) is 11.6 Å². The molecule has 0 radical (unpaired) electrons. The van der Waals surface area contributed by atoms with Gasteiger partial charge in [0, 0.05) is 18.2 Å². The van der Waals surface area contributed by atoms with Gasteiger partial charge in [-0.3, -0.25) is 4.79 Å². The highest BCUT2D eigenvalue weighted by Gasteiger charge is 2.27. The molecule has 1 aromatic carbocycles. The van der Waals surface area contributed by atoms with Crippen molar-refractivity contribution in [1.29, 1.82) is 0 Å². The van der Waals surface area contributed by atoms with Gasteiger partial charge in [0.15, 0.2) is 5.78 Å². The fourth-order valence-corrected chi connectivity index (χ4v) is 3.02. The molecule has 1 aliphatic rings. The van der Waals surface area contributed by atoms with Crippen LogP contribution in [0, 0.1) is 5.82 Å². The molecule has 0 bridgehead atoms. The summed E-state index contributed by atoms with van der Waals surface area (Å²) >= 11 is 0. The number of carbonyl (C=O) groups is 1. The molecule has 2 rings (SSSR count). The normalized spacial score (nSPS) is 19.5. The van der Waals surface area contributed by atoms with Gasteiger partial charge < -0.3 is 4.90 Å². The molecule has 1 saturated heterocycles. The number of carbonyl (C=O) groups excluding carboxylic acids is 1. The first-order chi connectivity index (χ1) is 9.15. The summed E-state index contributed by atoms with van der Waals surface area (Å²) in [7, 11) is 0. The van der Waals surface area contributed by atoms with Gasteiger partial charge >= 0.3 is 0 Å². The Morgan fingerprint density at radius 1 is 1.42 bits per heavy atom. The molecule has 1 aliphatic heterocycles. The van der Waals surface area contributed by atoms with Crippen molar-refractivity contribution < 1.29 is 9.18 Å². The second-order valence-electron chi connectivity index (χ2n) is 5.32. The lowest BCUT2D eigenvalue weighted by Crippen LogP contribution is -2.40. The van der Waals surface area contributed by atoms with Crippen LogP contribution in [0.3, 0.4) is 0 Å². The van der Waals surface area contributed by atoms with E-state index in [1.807, 2.05) is 0 Å². The summed E-state index contributed by atoms with van der Waals surface area (Å²) in [6.07, 6.45) is 5.52. The van der Waals surface area contributed by atoms with Gasteiger partial charge in [0.2, 0.25) is 0 Å². The van der Waals surface area contributed by atoms with Crippen LogP contribution in [0.1, 0.15) is 56.3 Å². The predicted molar refractivity (Wildman–Crippen MR) is 76.3 cm³/mol. The summed E-state index contributed by atoms with van der Waals surface area (Å²) in [5.41, 5.74) is 1.04. The summed E-state index contributed by atoms with van der Waals surface area (Å²) in [6.45, 7) is 4.52. The largest absolute Gasteiger partial charge is 0.366 e. The topological polar surface area (TPSA) is 20.3 Å². The molecule has 2 nitrogen and oxygen atoms in total. The van der Waals surface area contributed by atoms with Crippen LogP contribution >= 0.6 is 0 Å². The first kappa shape index (κ1) is 14.0. The van der Waals surface area contributed by atoms with Crippen LogP contribution in [0.4, 0.5) is 10.1 Å². The summed E-state index contributed by atoms with van der Waals surface area (Å²) in [4.78, 5) is 13.9. The summed E-state index contributed by atoms with van der Waals surface area (Å²) in [5.74, 6) is -0.328. The zero-order valence-electron chi connectivity index (χ0n) is 11.8. The van der Waals surface area contributed by atoms with Gasteiger partial charge in [0.25, 0.3) is 0 Å². The number of para-hydroxylation sites is 1. The minimum Gasteiger partial charge on any atom is -0.366 e. The molecule has 0 spiro atoms. The Kier molecular flexibility index (Phi) is 4.56. The lowest BCUT2D eigenvalue weighted by molar-refractivity contribution is 0.101. The average molecular weight is 263 g/mol. The molecular formula is C16H22FNO. The fraction of sp³-hybridized carbons (Fsp3) is 0.562. The minimum atomic E-state index is -0.268. The third-order valence-electron chi connectivity index (χ3n) is 3.90. The van der Waals surface area contributed by atoms with Gasteiger partial charge in [0.1, 0.15) is 5.82 Å². The second kappa shape index (κ2) is 6.18. The zero-order valence-corrected chi connectivity index (χ0v) is 11.8. The molecule has 0 amide bonds. The van der Waals surface area contributed by atoms with E-state index >= 15 is 0 Å². The quantitative estimate of drug-likeness (QED) is 0.759. The molecule has 1 atom stereocenters. The number of hydrogen-bond donors (Lipinski definition) is 0. The van der Waals surface area contributed by atoms with Crippen molar-refractivity contribution in [3.63, 3.8) is 0 Å². The van der Waals surface area contributed by atoms with Crippen LogP contribution in [-0.2, 0) is 0 Å². The molecule has 0 N–H and O–H groups in total. The number of hydrogen-bond acceptors (Lipinski definition) is 2. The lowest BCUT2D eigenvalue weighted by Gasteiger charge is -2.38. The Labute approximate surface area is 114 Å². The van der Waals surface area contributed by atoms with E-state index in [2.05, 4.69) is 11.8 Å². The molecule has 0 aromatic heterocycles. The van der Waals surface area contributed by atoms with Gasteiger partial charge in [-0.25, -0.2) is 4.39 Å². The molecule has 1 unspecified atom stereocenters. The number of anilines is 1. The van der Waals surface area contributed by atoms with E-state index in [0.29, 0.717) is 17.3 Å². The van der Waals surface area contributed by atoms with Crippen LogP contribution in [0.5, 0.6) is 0 Å². The van der Waals surface area contributed by atoms with Crippen LogP contribution in [0.15, 0.2) is 18.2 Å². The van der Waals surface area contributed by atoms with Crippen molar-refractivity contribution >= 4 is 11.5 Å². The average Bonchev–Trinajstić information content (AvgIpc) is 2.40. The Bertz CT molecular complexity index is 456. The second-order valence-corrected chi connectivity index (χ2v) is 5.32. The monoisotopic (exact) mass is 263 g/mol. The summed E-state index contributed by atoms with van der Waals surface area (Å²) < 4.78 is 14.2. The maximum Gasteiger partial charge on any atom is 0.161 e. The molecule has 0 saturated carbocycles. The number of nitrogens with zero attached hydrogens (tertiary/aromatic N) is 1. The number of ketones is 1. The van der Waals surface area contributed by atoms with E-state index in [4.69, 9.17) is 0 Å². The molecule has 104 valence electrons. The predicted octanol–water partition coefficient (Wildman–Crippen LogP) is 4.19. The first-order valence-corrected chi connectivity index (χ1v) is 7.21. The van der Waals surface area contributed by atoms with Gasteiger partial charge in [-0.05, 0) is 44.7 Å². The van der Waals surface area contributed by atoms with Gasteiger partial charge in [-0.2, -0.15) is 0 Å². The number of benzene rings is 1. The Hall–Kier alpha value is -1.38. The Morgan fingerprint density at radius 2 is 2.21 bits per heavy atom. The number of piperidine rings is 1. The van der Waals surface area contributed by atoms with Crippen molar-refractivity contribution in [2.45, 2.75) is 52.0 Å². The summed E-state index contributed by atoms with van der Waals surface area (Å²) in [5, 5.41) is 0. The van der Waals surface area contributed by atoms with Crippen molar-refractivity contribution in [3.8, 4) is 0 Å². The van der Waals surface area contributed by atoms with Crippen molar-refractivity contribution in [2.75, 3.05) is 11.4 Å². The van der Waals surface area contributed by atoms with Crippen LogP contribution in [-0.4, -0.2) is 18.4 Å². The van der Waals surface area contributed by atoms with Gasteiger partial charge in [0.05, 0.1) is 5.69 Å². The molecule has 1 aromatic rings. The van der Waals surface area contributed by atoms with Gasteiger partial charge in [-0.1, -0.05) is 19.4 Å². The Balaban J connectivity index is 2.40. The Morgan fingerprint density at radius 3 is 2.89 bits per heavy atom. The number of halogens is 1. The van der Waals surface area contributed by atoms with E-state index in [0.717, 1.165) is 32.2 Å². The summed E-state index contributed by atoms with van der Waals surface area (Å²) in [6, 6.07) is 5.18. The van der Waals surface area contributed by atoms with Gasteiger partial charge in [-0.15, -0.1) is 0 Å². The van der Waals surface area contributed by atoms with Crippen LogP contribution in [0.25, 0.3) is 0 Å². The molecular weight excluding hydrogens is 241 g/mol. The first-order valence-electron chi connectivity index (χ1n) is 7.21. The maximum atomic E-state index is 14.2. The van der Waals surface area contributed by atoms with Crippen molar-refractivity contribution in [1.82, 2.24) is 0 Å². The maximum absolute atomic E-state index is 14.2. The highest BCUT2D eigenvalue weighted by atomic mass is 19.1. The molecule has 0 aliphatic carbocycles. The minimum absolute atomic E-state index is 0.0599. The molecule has 3 heteroatoms. The highest BCUT2D eigenvalue weighted by Crippen LogP contribution is 2.32. The van der Waals surface area contributed by atoms with E-state index in [1.54, 1.807) is 12.1 Å². The molecule has 1 fully saturated rings. The lowest BCUT2D eigenvalue weighted by atomic mass is 9.95. The number of Topliss-reactive ketones (excluding diaryl/α,β-unsaturated/α-hetero) is 1. The SMILES string of the molecule is CCCC1CCCCN1c1c(F)cccc1C(C)=O. The molecule has 19 heavy (non-hydrogen) atoms. The van der Waals surface area contributed by atoms with Crippen molar-refractivity contribution in [2.24, 2.45) is 0 Å². The zero-order chi connectivity index (χ0) is 13.8. The van der Waals surface area contributed by atoms with E-state index in [9.17, 15) is 9.18 Å². The van der Waals surface area contributed by atoms with Crippen LogP contribution < -0.4 is 4.90 Å². The fourth-order valence-electron chi connectivity index (χ4n) is 3.02. The third-order valence-corrected chi connectivity index (χ3v) is 3.90. The van der Waals surface area contributed by atoms with E-state index < -0.39 is 0 Å². The van der Waals surface area contributed by atoms with Crippen LogP contribution in [0.2, 0.25) is 0 Å². The van der Waals surface area contributed by atoms with E-state index in [1.165, 1.54) is 19.4 Å². The number of rotatable bonds is 4. The highest BCUT2D eigenvalue weighted by molar-refractivity contribution is 5.99. The standard InChI is InChI=1S/C16H22FNO/c1-3-7-13-8-4-5-11-18(13)16-14(12(2)19)9-6-10-15(16)17/h6,9-10,13H,3-5,7-8,11H2,1-2H3. The third kappa shape index (κ3) is 2.96. The smallest absolute Gasteiger partial charge is 0.161 e. The molecule has 1 heterocycles. The van der Waals surface area contributed by atoms with Crippen molar-refractivity contribution in [3.05, 3.63) is 29.6 Å².